The van der Waals surface area contributed by atoms with Crippen molar-refractivity contribution in [1.29, 1.82) is 0 Å². The van der Waals surface area contributed by atoms with Crippen LogP contribution < -0.4 is 9.47 Å². The summed E-state index contributed by atoms with van der Waals surface area (Å²) in [6, 6.07) is 11.8. The van der Waals surface area contributed by atoms with E-state index in [2.05, 4.69) is 0 Å². The smallest absolute Gasteiger partial charge is 0.151 e. The van der Waals surface area contributed by atoms with Gasteiger partial charge < -0.3 is 9.47 Å². The molecule has 20 heavy (non-hydrogen) atoms. The molecule has 5 heteroatoms. The second-order valence-electron chi connectivity index (χ2n) is 3.94. The Morgan fingerprint density at radius 2 is 1.75 bits per heavy atom. The molecular formula is C15H14O4S. The van der Waals surface area contributed by atoms with Gasteiger partial charge in [0, 0.05) is 11.6 Å². The molecule has 0 saturated carbocycles. The molecule has 2 rings (SSSR count). The van der Waals surface area contributed by atoms with Gasteiger partial charge in [0.25, 0.3) is 0 Å². The molecule has 2 aromatic rings. The lowest BCUT2D eigenvalue weighted by Gasteiger charge is -2.11. The zero-order valence-corrected chi connectivity index (χ0v) is 12.0. The predicted molar refractivity (Wildman–Crippen MR) is 76.0 cm³/mol. The van der Waals surface area contributed by atoms with Crippen LogP contribution in [0.3, 0.4) is 0 Å². The first-order valence-corrected chi connectivity index (χ1v) is 7.04. The van der Waals surface area contributed by atoms with Crippen molar-refractivity contribution in [2.75, 3.05) is 14.2 Å². The molecule has 0 saturated heterocycles. The first-order valence-electron chi connectivity index (χ1n) is 5.89. The third-order valence-electron chi connectivity index (χ3n) is 2.82. The van der Waals surface area contributed by atoms with Gasteiger partial charge in [-0.25, -0.2) is 4.21 Å². The lowest BCUT2D eigenvalue weighted by atomic mass is 10.2. The van der Waals surface area contributed by atoms with Gasteiger partial charge in [-0.15, -0.1) is 0 Å². The van der Waals surface area contributed by atoms with Gasteiger partial charge in [0.15, 0.2) is 6.29 Å². The number of carbonyl (C=O) groups excluding carboxylic acids is 1. The molecule has 0 N–H and O–H groups in total. The number of rotatable bonds is 5. The molecule has 0 heterocycles. The second-order valence-corrected chi connectivity index (χ2v) is 5.36. The molecule has 0 radical (unpaired) electrons. The standard InChI is InChI=1S/C15H14O4S/c1-18-12-7-8-13(19-2)15(9-12)20(17)14-6-4-3-5-11(14)10-16/h3-10H,1-2H3/t20-/m1/s1. The molecule has 0 aliphatic heterocycles. The van der Waals surface area contributed by atoms with Gasteiger partial charge in [-0.2, -0.15) is 0 Å². The minimum absolute atomic E-state index is 0.399. The van der Waals surface area contributed by atoms with Crippen molar-refractivity contribution in [2.24, 2.45) is 0 Å². The molecule has 0 unspecified atom stereocenters. The zero-order chi connectivity index (χ0) is 14.5. The summed E-state index contributed by atoms with van der Waals surface area (Å²) in [5.41, 5.74) is 0.399. The topological polar surface area (TPSA) is 52.6 Å². The van der Waals surface area contributed by atoms with Crippen molar-refractivity contribution < 1.29 is 18.5 Å². The maximum atomic E-state index is 12.7. The summed E-state index contributed by atoms with van der Waals surface area (Å²) in [6.45, 7) is 0. The van der Waals surface area contributed by atoms with Crippen molar-refractivity contribution in [1.82, 2.24) is 0 Å². The number of ether oxygens (including phenoxy) is 2. The van der Waals surface area contributed by atoms with E-state index in [0.29, 0.717) is 33.1 Å². The lowest BCUT2D eigenvalue weighted by Crippen LogP contribution is -2.01. The summed E-state index contributed by atoms with van der Waals surface area (Å²) < 4.78 is 23.1. The Labute approximate surface area is 119 Å². The van der Waals surface area contributed by atoms with E-state index in [1.165, 1.54) is 14.2 Å². The Balaban J connectivity index is 2.55. The van der Waals surface area contributed by atoms with Crippen LogP contribution in [-0.2, 0) is 10.8 Å². The summed E-state index contributed by atoms with van der Waals surface area (Å²) in [5, 5.41) is 0. The first-order chi connectivity index (χ1) is 9.71. The summed E-state index contributed by atoms with van der Waals surface area (Å²) in [6.07, 6.45) is 0.694. The quantitative estimate of drug-likeness (QED) is 0.794. The summed E-state index contributed by atoms with van der Waals surface area (Å²) in [7, 11) is 1.53. The van der Waals surface area contributed by atoms with Crippen LogP contribution >= 0.6 is 0 Å². The molecule has 0 amide bonds. The average Bonchev–Trinajstić information content (AvgIpc) is 2.53. The van der Waals surface area contributed by atoms with Gasteiger partial charge >= 0.3 is 0 Å². The van der Waals surface area contributed by atoms with Gasteiger partial charge in [-0.1, -0.05) is 18.2 Å². The third kappa shape index (κ3) is 2.72. The predicted octanol–water partition coefficient (Wildman–Crippen LogP) is 2.68. The SMILES string of the molecule is COc1ccc(OC)c([S@](=O)c2ccccc2C=O)c1. The number of carbonyl (C=O) groups is 1. The molecule has 4 nitrogen and oxygen atoms in total. The Bertz CT molecular complexity index is 652. The van der Waals surface area contributed by atoms with E-state index in [-0.39, 0.29) is 0 Å². The van der Waals surface area contributed by atoms with Crippen LogP contribution in [0, 0.1) is 0 Å². The normalized spacial score (nSPS) is 11.7. The number of aldehydes is 1. The number of benzene rings is 2. The van der Waals surface area contributed by atoms with Crippen LogP contribution in [0.25, 0.3) is 0 Å². The van der Waals surface area contributed by atoms with Crippen molar-refractivity contribution in [3.8, 4) is 11.5 Å². The fourth-order valence-corrected chi connectivity index (χ4v) is 3.12. The van der Waals surface area contributed by atoms with Crippen LogP contribution in [0.1, 0.15) is 10.4 Å². The van der Waals surface area contributed by atoms with Crippen molar-refractivity contribution in [2.45, 2.75) is 9.79 Å². The van der Waals surface area contributed by atoms with E-state index in [0.717, 1.165) is 0 Å². The molecule has 0 aliphatic rings. The van der Waals surface area contributed by atoms with E-state index >= 15 is 0 Å². The third-order valence-corrected chi connectivity index (χ3v) is 4.31. The van der Waals surface area contributed by atoms with Crippen LogP contribution in [-0.4, -0.2) is 24.7 Å². The molecule has 1 atom stereocenters. The minimum Gasteiger partial charge on any atom is -0.497 e. The van der Waals surface area contributed by atoms with Crippen LogP contribution in [0.15, 0.2) is 52.3 Å². The number of hydrogen-bond acceptors (Lipinski definition) is 4. The van der Waals surface area contributed by atoms with Gasteiger partial charge in [0.2, 0.25) is 0 Å². The van der Waals surface area contributed by atoms with E-state index in [1.807, 2.05) is 0 Å². The van der Waals surface area contributed by atoms with E-state index in [9.17, 15) is 9.00 Å². The highest BCUT2D eigenvalue weighted by Crippen LogP contribution is 2.30. The second kappa shape index (κ2) is 6.34. The number of hydrogen-bond donors (Lipinski definition) is 0. The highest BCUT2D eigenvalue weighted by Gasteiger charge is 2.16. The molecule has 0 bridgehead atoms. The van der Waals surface area contributed by atoms with Gasteiger partial charge in [-0.05, 0) is 18.2 Å². The van der Waals surface area contributed by atoms with Crippen molar-refractivity contribution in [3.63, 3.8) is 0 Å². The largest absolute Gasteiger partial charge is 0.497 e. The Morgan fingerprint density at radius 1 is 1.00 bits per heavy atom. The molecule has 0 fully saturated rings. The van der Waals surface area contributed by atoms with Crippen molar-refractivity contribution >= 4 is 17.1 Å². The van der Waals surface area contributed by atoms with Crippen LogP contribution in [0.5, 0.6) is 11.5 Å². The van der Waals surface area contributed by atoms with Crippen LogP contribution in [0.2, 0.25) is 0 Å². The van der Waals surface area contributed by atoms with E-state index < -0.39 is 10.8 Å². The molecule has 0 aromatic heterocycles. The summed E-state index contributed by atoms with van der Waals surface area (Å²) >= 11 is 0. The lowest BCUT2D eigenvalue weighted by molar-refractivity contribution is 0.112. The minimum atomic E-state index is -1.52. The molecule has 0 spiro atoms. The summed E-state index contributed by atoms with van der Waals surface area (Å²) in [5.74, 6) is 1.07. The molecule has 2 aromatic carbocycles. The van der Waals surface area contributed by atoms with Gasteiger partial charge in [0.1, 0.15) is 11.5 Å². The van der Waals surface area contributed by atoms with Crippen molar-refractivity contribution in [3.05, 3.63) is 48.0 Å². The number of methoxy groups -OCH3 is 2. The van der Waals surface area contributed by atoms with Gasteiger partial charge in [0.05, 0.1) is 34.8 Å². The van der Waals surface area contributed by atoms with E-state index in [4.69, 9.17) is 9.47 Å². The summed E-state index contributed by atoms with van der Waals surface area (Å²) in [4.78, 5) is 12.0. The monoisotopic (exact) mass is 290 g/mol. The highest BCUT2D eigenvalue weighted by molar-refractivity contribution is 7.85. The maximum Gasteiger partial charge on any atom is 0.151 e. The fraction of sp³-hybridized carbons (Fsp3) is 0.133. The Hall–Kier alpha value is -2.14. The average molecular weight is 290 g/mol. The Morgan fingerprint density at radius 3 is 2.40 bits per heavy atom. The van der Waals surface area contributed by atoms with E-state index in [1.54, 1.807) is 42.5 Å². The zero-order valence-electron chi connectivity index (χ0n) is 11.2. The first kappa shape index (κ1) is 14.3. The molecule has 0 aliphatic carbocycles. The maximum absolute atomic E-state index is 12.7. The highest BCUT2D eigenvalue weighted by atomic mass is 32.2. The van der Waals surface area contributed by atoms with Gasteiger partial charge in [-0.3, -0.25) is 4.79 Å². The Kier molecular flexibility index (Phi) is 4.53. The molecule has 104 valence electrons. The van der Waals surface area contributed by atoms with Crippen LogP contribution in [0.4, 0.5) is 0 Å². The molecular weight excluding hydrogens is 276 g/mol. The fourth-order valence-electron chi connectivity index (χ4n) is 1.79.